The molecule has 1 fully saturated rings. The van der Waals surface area contributed by atoms with Crippen LogP contribution >= 0.6 is 11.8 Å². The molecule has 98 valence electrons. The smallest absolute Gasteiger partial charge is 0.232 e. The van der Waals surface area contributed by atoms with Crippen molar-refractivity contribution in [3.63, 3.8) is 0 Å². The lowest BCUT2D eigenvalue weighted by Gasteiger charge is -2.24. The molecule has 1 heterocycles. The number of carbonyl (C=O) groups is 1. The van der Waals surface area contributed by atoms with Gasteiger partial charge in [-0.25, -0.2) is 0 Å². The molecule has 1 aliphatic rings. The average molecular weight is 256 g/mol. The first kappa shape index (κ1) is 14.6. The van der Waals surface area contributed by atoms with Crippen LogP contribution in [-0.2, 0) is 4.79 Å². The monoisotopic (exact) mass is 256 g/mol. The number of rotatable bonds is 7. The van der Waals surface area contributed by atoms with E-state index in [1.165, 1.54) is 12.8 Å². The molecule has 0 spiro atoms. The third-order valence-corrected chi connectivity index (χ3v) is 4.28. The molecular weight excluding hydrogens is 232 g/mol. The maximum atomic E-state index is 12.0. The van der Waals surface area contributed by atoms with Gasteiger partial charge in [0.05, 0.1) is 5.75 Å². The predicted molar refractivity (Wildman–Crippen MR) is 75.4 cm³/mol. The fourth-order valence-corrected chi connectivity index (χ4v) is 3.12. The topological polar surface area (TPSA) is 32.3 Å². The van der Waals surface area contributed by atoms with Crippen molar-refractivity contribution < 1.29 is 4.79 Å². The van der Waals surface area contributed by atoms with E-state index in [0.29, 0.717) is 17.5 Å². The van der Waals surface area contributed by atoms with Crippen LogP contribution in [0.2, 0.25) is 0 Å². The molecule has 1 N–H and O–H groups in total. The molecule has 1 saturated heterocycles. The van der Waals surface area contributed by atoms with Gasteiger partial charge in [-0.05, 0) is 32.4 Å². The van der Waals surface area contributed by atoms with Gasteiger partial charge in [0.25, 0.3) is 0 Å². The van der Waals surface area contributed by atoms with Crippen molar-refractivity contribution in [2.75, 3.05) is 31.9 Å². The highest BCUT2D eigenvalue weighted by atomic mass is 32.2. The summed E-state index contributed by atoms with van der Waals surface area (Å²) in [6, 6.07) is 0. The van der Waals surface area contributed by atoms with Crippen molar-refractivity contribution in [3.8, 4) is 0 Å². The highest BCUT2D eigenvalue weighted by Gasteiger charge is 2.17. The molecule has 0 atom stereocenters. The van der Waals surface area contributed by atoms with Crippen LogP contribution in [0.4, 0.5) is 0 Å². The summed E-state index contributed by atoms with van der Waals surface area (Å²) in [5.41, 5.74) is 0. The summed E-state index contributed by atoms with van der Waals surface area (Å²) in [7, 11) is 0. The van der Waals surface area contributed by atoms with E-state index in [-0.39, 0.29) is 5.91 Å². The number of amides is 1. The van der Waals surface area contributed by atoms with Gasteiger partial charge in [0, 0.05) is 18.3 Å². The first-order chi connectivity index (χ1) is 8.27. The lowest BCUT2D eigenvalue weighted by molar-refractivity contribution is -0.127. The molecule has 0 radical (unpaired) electrons. The van der Waals surface area contributed by atoms with Gasteiger partial charge in [0.1, 0.15) is 0 Å². The SMILES string of the molecule is C=CCN(CCC)C(=O)CSC1CCNCC1. The summed E-state index contributed by atoms with van der Waals surface area (Å²) in [4.78, 5) is 13.9. The van der Waals surface area contributed by atoms with Gasteiger partial charge < -0.3 is 10.2 Å². The maximum absolute atomic E-state index is 12.0. The minimum Gasteiger partial charge on any atom is -0.338 e. The first-order valence-electron chi connectivity index (χ1n) is 6.49. The molecule has 1 amide bonds. The second-order valence-corrected chi connectivity index (χ2v) is 5.68. The van der Waals surface area contributed by atoms with Crippen molar-refractivity contribution in [1.82, 2.24) is 10.2 Å². The zero-order valence-corrected chi connectivity index (χ0v) is 11.6. The Balaban J connectivity index is 2.27. The van der Waals surface area contributed by atoms with Gasteiger partial charge in [0.15, 0.2) is 0 Å². The number of hydrogen-bond donors (Lipinski definition) is 1. The summed E-state index contributed by atoms with van der Waals surface area (Å²) < 4.78 is 0. The van der Waals surface area contributed by atoms with Crippen molar-refractivity contribution in [2.24, 2.45) is 0 Å². The van der Waals surface area contributed by atoms with Crippen LogP contribution in [-0.4, -0.2) is 48.0 Å². The fraction of sp³-hybridized carbons (Fsp3) is 0.769. The largest absolute Gasteiger partial charge is 0.338 e. The summed E-state index contributed by atoms with van der Waals surface area (Å²) >= 11 is 1.82. The van der Waals surface area contributed by atoms with E-state index in [4.69, 9.17) is 0 Å². The van der Waals surface area contributed by atoms with E-state index in [2.05, 4.69) is 18.8 Å². The molecule has 0 aliphatic carbocycles. The Kier molecular flexibility index (Phi) is 7.37. The summed E-state index contributed by atoms with van der Waals surface area (Å²) in [6.45, 7) is 9.52. The van der Waals surface area contributed by atoms with Crippen LogP contribution in [0.3, 0.4) is 0 Å². The Morgan fingerprint density at radius 3 is 2.82 bits per heavy atom. The molecule has 17 heavy (non-hydrogen) atoms. The summed E-state index contributed by atoms with van der Waals surface area (Å²) in [5, 5.41) is 4.00. The van der Waals surface area contributed by atoms with Crippen molar-refractivity contribution >= 4 is 17.7 Å². The van der Waals surface area contributed by atoms with Crippen LogP contribution in [0.5, 0.6) is 0 Å². The molecule has 0 unspecified atom stereocenters. The molecule has 0 aromatic heterocycles. The molecule has 1 rings (SSSR count). The van der Waals surface area contributed by atoms with Gasteiger partial charge >= 0.3 is 0 Å². The second kappa shape index (κ2) is 8.59. The third-order valence-electron chi connectivity index (χ3n) is 2.92. The zero-order chi connectivity index (χ0) is 12.5. The van der Waals surface area contributed by atoms with E-state index in [1.54, 1.807) is 0 Å². The molecule has 3 nitrogen and oxygen atoms in total. The van der Waals surface area contributed by atoms with Gasteiger partial charge in [-0.15, -0.1) is 18.3 Å². The van der Waals surface area contributed by atoms with Crippen LogP contribution in [0.15, 0.2) is 12.7 Å². The highest BCUT2D eigenvalue weighted by molar-refractivity contribution is 8.00. The Labute approximate surface area is 109 Å². The molecule has 4 heteroatoms. The number of nitrogens with zero attached hydrogens (tertiary/aromatic N) is 1. The molecule has 0 saturated carbocycles. The Bertz CT molecular complexity index is 240. The zero-order valence-electron chi connectivity index (χ0n) is 10.8. The molecule has 1 aliphatic heterocycles. The van der Waals surface area contributed by atoms with Crippen LogP contribution in [0.1, 0.15) is 26.2 Å². The minimum absolute atomic E-state index is 0.260. The molecule has 0 aromatic carbocycles. The van der Waals surface area contributed by atoms with E-state index in [1.807, 2.05) is 22.7 Å². The van der Waals surface area contributed by atoms with Crippen LogP contribution in [0.25, 0.3) is 0 Å². The van der Waals surface area contributed by atoms with Crippen LogP contribution in [0, 0.1) is 0 Å². The van der Waals surface area contributed by atoms with E-state index in [9.17, 15) is 4.79 Å². The number of nitrogens with one attached hydrogen (secondary N) is 1. The third kappa shape index (κ3) is 5.59. The van der Waals surface area contributed by atoms with Gasteiger partial charge in [-0.2, -0.15) is 0 Å². The normalized spacial score (nSPS) is 16.8. The minimum atomic E-state index is 0.260. The number of thioether (sulfide) groups is 1. The average Bonchev–Trinajstić information content (AvgIpc) is 2.37. The van der Waals surface area contributed by atoms with Crippen molar-refractivity contribution in [2.45, 2.75) is 31.4 Å². The summed E-state index contributed by atoms with van der Waals surface area (Å²) in [5.74, 6) is 0.883. The summed E-state index contributed by atoms with van der Waals surface area (Å²) in [6.07, 6.45) is 5.20. The Morgan fingerprint density at radius 1 is 1.53 bits per heavy atom. The standard InChI is InChI=1S/C13H24N2OS/c1-3-9-15(10-4-2)13(16)11-17-12-5-7-14-8-6-12/h3,12,14H,1,4-11H2,2H3. The van der Waals surface area contributed by atoms with Gasteiger partial charge in [-0.3, -0.25) is 4.79 Å². The molecule has 0 aromatic rings. The molecular formula is C13H24N2OS. The number of hydrogen-bond acceptors (Lipinski definition) is 3. The predicted octanol–water partition coefficient (Wildman–Crippen LogP) is 1.90. The second-order valence-electron chi connectivity index (χ2n) is 4.39. The fourth-order valence-electron chi connectivity index (χ4n) is 1.99. The number of piperidine rings is 1. The van der Waals surface area contributed by atoms with E-state index >= 15 is 0 Å². The first-order valence-corrected chi connectivity index (χ1v) is 7.53. The quantitative estimate of drug-likeness (QED) is 0.706. The maximum Gasteiger partial charge on any atom is 0.232 e. The highest BCUT2D eigenvalue weighted by Crippen LogP contribution is 2.20. The lowest BCUT2D eigenvalue weighted by Crippen LogP contribution is -2.35. The van der Waals surface area contributed by atoms with E-state index in [0.717, 1.165) is 26.1 Å². The van der Waals surface area contributed by atoms with Crippen molar-refractivity contribution in [3.05, 3.63) is 12.7 Å². The van der Waals surface area contributed by atoms with Gasteiger partial charge in [0.2, 0.25) is 5.91 Å². The van der Waals surface area contributed by atoms with E-state index < -0.39 is 0 Å². The lowest BCUT2D eigenvalue weighted by atomic mass is 10.2. The molecule has 0 bridgehead atoms. The van der Waals surface area contributed by atoms with Crippen LogP contribution < -0.4 is 5.32 Å². The number of carbonyl (C=O) groups excluding carboxylic acids is 1. The van der Waals surface area contributed by atoms with Gasteiger partial charge in [-0.1, -0.05) is 13.0 Å². The van der Waals surface area contributed by atoms with Crippen molar-refractivity contribution in [1.29, 1.82) is 0 Å². The Morgan fingerprint density at radius 2 is 2.24 bits per heavy atom. The Hall–Kier alpha value is -0.480.